The first kappa shape index (κ1) is 14.9. The van der Waals surface area contributed by atoms with E-state index in [0.717, 1.165) is 27.2 Å². The summed E-state index contributed by atoms with van der Waals surface area (Å²) < 4.78 is 0. The number of anilines is 2. The van der Waals surface area contributed by atoms with Crippen molar-refractivity contribution in [2.75, 3.05) is 17.2 Å². The quantitative estimate of drug-likeness (QED) is 0.679. The number of hydrogen-bond acceptors (Lipinski definition) is 5. The van der Waals surface area contributed by atoms with Crippen molar-refractivity contribution < 1.29 is 4.79 Å². The molecule has 0 aliphatic heterocycles. The number of carbonyl (C=O) groups excluding carboxylic acids is 1. The molecule has 1 aromatic carbocycles. The SMILES string of the molecule is CCN(C(C)=O)c1nc(CSc2ccc(N)cc2)cs1. The summed E-state index contributed by atoms with van der Waals surface area (Å²) in [5.74, 6) is 0.815. The molecule has 1 heterocycles. The highest BCUT2D eigenvalue weighted by Gasteiger charge is 2.13. The number of nitrogens with zero attached hydrogens (tertiary/aromatic N) is 2. The van der Waals surface area contributed by atoms with E-state index in [1.54, 1.807) is 23.6 Å². The maximum absolute atomic E-state index is 11.5. The van der Waals surface area contributed by atoms with Gasteiger partial charge in [0, 0.05) is 35.2 Å². The van der Waals surface area contributed by atoms with E-state index in [1.165, 1.54) is 11.3 Å². The Morgan fingerprint density at radius 2 is 2.10 bits per heavy atom. The number of nitrogens with two attached hydrogens (primary N) is 1. The number of thiazole rings is 1. The maximum Gasteiger partial charge on any atom is 0.225 e. The molecular weight excluding hydrogens is 290 g/mol. The maximum atomic E-state index is 11.5. The summed E-state index contributed by atoms with van der Waals surface area (Å²) in [5.41, 5.74) is 7.42. The van der Waals surface area contributed by atoms with Crippen LogP contribution in [0.2, 0.25) is 0 Å². The van der Waals surface area contributed by atoms with E-state index in [1.807, 2.05) is 36.6 Å². The summed E-state index contributed by atoms with van der Waals surface area (Å²) in [5, 5.41) is 2.78. The van der Waals surface area contributed by atoms with E-state index in [9.17, 15) is 4.79 Å². The number of benzene rings is 1. The van der Waals surface area contributed by atoms with Crippen molar-refractivity contribution in [2.24, 2.45) is 0 Å². The van der Waals surface area contributed by atoms with Gasteiger partial charge in [-0.05, 0) is 31.2 Å². The number of thioether (sulfide) groups is 1. The molecule has 2 N–H and O–H groups in total. The lowest BCUT2D eigenvalue weighted by Gasteiger charge is -2.14. The van der Waals surface area contributed by atoms with E-state index in [2.05, 4.69) is 4.98 Å². The fraction of sp³-hybridized carbons (Fsp3) is 0.286. The second-order valence-electron chi connectivity index (χ2n) is 4.24. The summed E-state index contributed by atoms with van der Waals surface area (Å²) in [6.07, 6.45) is 0. The predicted molar refractivity (Wildman–Crippen MR) is 86.2 cm³/mol. The minimum absolute atomic E-state index is 0.0274. The Morgan fingerprint density at radius 3 is 2.70 bits per heavy atom. The van der Waals surface area contributed by atoms with E-state index < -0.39 is 0 Å². The highest BCUT2D eigenvalue weighted by atomic mass is 32.2. The molecule has 0 radical (unpaired) electrons. The van der Waals surface area contributed by atoms with Gasteiger partial charge in [0.25, 0.3) is 0 Å². The average Bonchev–Trinajstić information content (AvgIpc) is 2.87. The lowest BCUT2D eigenvalue weighted by molar-refractivity contribution is -0.116. The topological polar surface area (TPSA) is 59.2 Å². The smallest absolute Gasteiger partial charge is 0.225 e. The molecule has 0 saturated carbocycles. The fourth-order valence-corrected chi connectivity index (χ4v) is 3.53. The Hall–Kier alpha value is -1.53. The van der Waals surface area contributed by atoms with Crippen LogP contribution in [0.25, 0.3) is 0 Å². The lowest BCUT2D eigenvalue weighted by atomic mass is 10.3. The molecule has 1 amide bonds. The van der Waals surface area contributed by atoms with Gasteiger partial charge in [0.15, 0.2) is 5.13 Å². The lowest BCUT2D eigenvalue weighted by Crippen LogP contribution is -2.27. The molecule has 2 aromatic rings. The van der Waals surface area contributed by atoms with Gasteiger partial charge in [-0.3, -0.25) is 9.69 Å². The number of rotatable bonds is 5. The van der Waals surface area contributed by atoms with Crippen molar-refractivity contribution in [2.45, 2.75) is 24.5 Å². The largest absolute Gasteiger partial charge is 0.399 e. The van der Waals surface area contributed by atoms with Crippen LogP contribution in [0.5, 0.6) is 0 Å². The Morgan fingerprint density at radius 1 is 1.40 bits per heavy atom. The van der Waals surface area contributed by atoms with Crippen LogP contribution >= 0.6 is 23.1 Å². The molecule has 0 aliphatic carbocycles. The summed E-state index contributed by atoms with van der Waals surface area (Å²) in [6.45, 7) is 4.16. The molecule has 0 aliphatic rings. The van der Waals surface area contributed by atoms with Crippen LogP contribution in [0, 0.1) is 0 Å². The highest BCUT2D eigenvalue weighted by Crippen LogP contribution is 2.27. The summed E-state index contributed by atoms with van der Waals surface area (Å²) >= 11 is 3.22. The molecule has 0 atom stereocenters. The van der Waals surface area contributed by atoms with Crippen LogP contribution in [-0.2, 0) is 10.5 Å². The molecule has 1 aromatic heterocycles. The Balaban J connectivity index is 1.99. The molecular formula is C14H17N3OS2. The molecule has 20 heavy (non-hydrogen) atoms. The Labute approximate surface area is 127 Å². The normalized spacial score (nSPS) is 10.5. The Bertz CT molecular complexity index is 580. The molecule has 0 saturated heterocycles. The van der Waals surface area contributed by atoms with Gasteiger partial charge in [0.2, 0.25) is 5.91 Å². The van der Waals surface area contributed by atoms with Crippen molar-refractivity contribution >= 4 is 39.8 Å². The average molecular weight is 307 g/mol. The predicted octanol–water partition coefficient (Wildman–Crippen LogP) is 3.39. The van der Waals surface area contributed by atoms with Gasteiger partial charge >= 0.3 is 0 Å². The van der Waals surface area contributed by atoms with Crippen molar-refractivity contribution in [3.63, 3.8) is 0 Å². The zero-order valence-electron chi connectivity index (χ0n) is 11.5. The monoisotopic (exact) mass is 307 g/mol. The van der Waals surface area contributed by atoms with Gasteiger partial charge in [-0.2, -0.15) is 0 Å². The van der Waals surface area contributed by atoms with Crippen molar-refractivity contribution in [1.29, 1.82) is 0 Å². The number of hydrogen-bond donors (Lipinski definition) is 1. The molecule has 0 spiro atoms. The van der Waals surface area contributed by atoms with Crippen LogP contribution in [0.1, 0.15) is 19.5 Å². The minimum atomic E-state index is 0.0274. The molecule has 106 valence electrons. The fourth-order valence-electron chi connectivity index (χ4n) is 1.70. The van der Waals surface area contributed by atoms with Gasteiger partial charge in [-0.1, -0.05) is 0 Å². The molecule has 0 unspecified atom stereocenters. The molecule has 0 bridgehead atoms. The molecule has 6 heteroatoms. The molecule has 0 fully saturated rings. The number of aromatic nitrogens is 1. The molecule has 2 rings (SSSR count). The minimum Gasteiger partial charge on any atom is -0.399 e. The highest BCUT2D eigenvalue weighted by molar-refractivity contribution is 7.98. The van der Waals surface area contributed by atoms with Crippen LogP contribution in [0.4, 0.5) is 10.8 Å². The van der Waals surface area contributed by atoms with Crippen molar-refractivity contribution in [3.05, 3.63) is 35.3 Å². The van der Waals surface area contributed by atoms with E-state index in [0.29, 0.717) is 6.54 Å². The first-order valence-electron chi connectivity index (χ1n) is 6.31. The summed E-state index contributed by atoms with van der Waals surface area (Å²) in [6, 6.07) is 7.79. The van der Waals surface area contributed by atoms with Crippen LogP contribution in [0.15, 0.2) is 34.5 Å². The van der Waals surface area contributed by atoms with Gasteiger partial charge in [-0.15, -0.1) is 23.1 Å². The van der Waals surface area contributed by atoms with Gasteiger partial charge in [0.1, 0.15) is 0 Å². The van der Waals surface area contributed by atoms with Crippen LogP contribution < -0.4 is 10.6 Å². The van der Waals surface area contributed by atoms with Gasteiger partial charge in [0.05, 0.1) is 5.69 Å². The third-order valence-corrected chi connectivity index (χ3v) is 4.69. The molecule has 4 nitrogen and oxygen atoms in total. The first-order valence-corrected chi connectivity index (χ1v) is 8.17. The standard InChI is InChI=1S/C14H17N3OS2/c1-3-17(10(2)18)14-16-12(9-20-14)8-19-13-6-4-11(15)5-7-13/h4-7,9H,3,8,15H2,1-2H3. The van der Waals surface area contributed by atoms with Crippen molar-refractivity contribution in [1.82, 2.24) is 4.98 Å². The van der Waals surface area contributed by atoms with E-state index in [-0.39, 0.29) is 5.91 Å². The van der Waals surface area contributed by atoms with E-state index >= 15 is 0 Å². The van der Waals surface area contributed by atoms with E-state index in [4.69, 9.17) is 5.73 Å². The van der Waals surface area contributed by atoms with Gasteiger partial charge < -0.3 is 5.73 Å². The summed E-state index contributed by atoms with van der Waals surface area (Å²) in [7, 11) is 0. The Kier molecular flexibility index (Phi) is 5.03. The van der Waals surface area contributed by atoms with Crippen molar-refractivity contribution in [3.8, 4) is 0 Å². The second kappa shape index (κ2) is 6.76. The third-order valence-electron chi connectivity index (χ3n) is 2.73. The number of carbonyl (C=O) groups is 1. The second-order valence-corrected chi connectivity index (χ2v) is 6.13. The van der Waals surface area contributed by atoms with Gasteiger partial charge in [-0.25, -0.2) is 4.98 Å². The number of amides is 1. The van der Waals surface area contributed by atoms with Crippen LogP contribution in [0.3, 0.4) is 0 Å². The zero-order chi connectivity index (χ0) is 14.5. The van der Waals surface area contributed by atoms with Crippen LogP contribution in [-0.4, -0.2) is 17.4 Å². The third kappa shape index (κ3) is 3.74. The zero-order valence-corrected chi connectivity index (χ0v) is 13.1. The number of nitrogen functional groups attached to an aromatic ring is 1. The first-order chi connectivity index (χ1) is 9.60. The summed E-state index contributed by atoms with van der Waals surface area (Å²) in [4.78, 5) is 18.8.